The Labute approximate surface area is 102 Å². The summed E-state index contributed by atoms with van der Waals surface area (Å²) >= 11 is 0. The molecule has 1 rings (SSSR count). The number of nitrogens with one attached hydrogen (secondary N) is 1. The van der Waals surface area contributed by atoms with E-state index in [9.17, 15) is 18.0 Å². The van der Waals surface area contributed by atoms with Crippen LogP contribution < -0.4 is 5.32 Å². The maximum Gasteiger partial charge on any atom is 0.403 e. The molecule has 1 aromatic rings. The van der Waals surface area contributed by atoms with E-state index in [-0.39, 0.29) is 6.54 Å². The molecule has 1 aromatic heterocycles. The second kappa shape index (κ2) is 6.34. The van der Waals surface area contributed by atoms with Crippen LogP contribution in [0, 0.1) is 5.92 Å². The molecule has 0 radical (unpaired) electrons. The fourth-order valence-corrected chi connectivity index (χ4v) is 1.35. The molecule has 1 atom stereocenters. The van der Waals surface area contributed by atoms with Gasteiger partial charge in [-0.05, 0) is 12.1 Å². The summed E-state index contributed by atoms with van der Waals surface area (Å²) in [5.41, 5.74) is 0.740. The number of aliphatic carboxylic acids is 1. The summed E-state index contributed by atoms with van der Waals surface area (Å²) in [6.45, 7) is -0.386. The molecule has 1 unspecified atom stereocenters. The van der Waals surface area contributed by atoms with E-state index in [4.69, 9.17) is 5.11 Å². The number of pyridine rings is 1. The molecule has 18 heavy (non-hydrogen) atoms. The van der Waals surface area contributed by atoms with Crippen molar-refractivity contribution < 1.29 is 23.1 Å². The first kappa shape index (κ1) is 14.4. The number of halogens is 3. The molecule has 2 N–H and O–H groups in total. The molecule has 0 aromatic carbocycles. The van der Waals surface area contributed by atoms with Gasteiger partial charge < -0.3 is 10.4 Å². The first-order valence-corrected chi connectivity index (χ1v) is 5.31. The van der Waals surface area contributed by atoms with E-state index < -0.39 is 24.6 Å². The highest BCUT2D eigenvalue weighted by atomic mass is 19.4. The summed E-state index contributed by atoms with van der Waals surface area (Å²) in [5.74, 6) is -4.24. The average Bonchev–Trinajstić information content (AvgIpc) is 2.27. The minimum Gasteiger partial charge on any atom is -0.481 e. The van der Waals surface area contributed by atoms with Gasteiger partial charge in [-0.2, -0.15) is 13.2 Å². The first-order chi connectivity index (χ1) is 8.41. The van der Waals surface area contributed by atoms with Crippen LogP contribution in [-0.2, 0) is 11.2 Å². The normalized spacial score (nSPS) is 13.3. The smallest absolute Gasteiger partial charge is 0.403 e. The molecular weight excluding hydrogens is 249 g/mol. The van der Waals surface area contributed by atoms with Crippen LogP contribution in [-0.4, -0.2) is 35.3 Å². The SMILES string of the molecule is O=C(O)C(CNCCc1ccccn1)C(F)(F)F. The number of hydrogen-bond acceptors (Lipinski definition) is 3. The molecule has 0 fully saturated rings. The van der Waals surface area contributed by atoms with Crippen molar-refractivity contribution in [3.05, 3.63) is 30.1 Å². The number of alkyl halides is 3. The van der Waals surface area contributed by atoms with Crippen molar-refractivity contribution >= 4 is 5.97 Å². The molecule has 0 aliphatic heterocycles. The lowest BCUT2D eigenvalue weighted by molar-refractivity contribution is -0.192. The van der Waals surface area contributed by atoms with Gasteiger partial charge in [-0.15, -0.1) is 0 Å². The largest absolute Gasteiger partial charge is 0.481 e. The number of carboxylic acid groups (broad SMARTS) is 1. The van der Waals surface area contributed by atoms with Gasteiger partial charge in [-0.25, -0.2) is 0 Å². The Morgan fingerprint density at radius 2 is 2.17 bits per heavy atom. The van der Waals surface area contributed by atoms with Gasteiger partial charge in [-0.3, -0.25) is 9.78 Å². The molecule has 0 amide bonds. The molecule has 0 bridgehead atoms. The summed E-state index contributed by atoms with van der Waals surface area (Å²) in [5, 5.41) is 10.9. The van der Waals surface area contributed by atoms with Gasteiger partial charge >= 0.3 is 12.1 Å². The van der Waals surface area contributed by atoms with Crippen LogP contribution in [0.3, 0.4) is 0 Å². The Hall–Kier alpha value is -1.63. The zero-order valence-electron chi connectivity index (χ0n) is 9.44. The lowest BCUT2D eigenvalue weighted by Crippen LogP contribution is -2.39. The second-order valence-electron chi connectivity index (χ2n) is 3.71. The van der Waals surface area contributed by atoms with Crippen molar-refractivity contribution in [2.45, 2.75) is 12.6 Å². The number of carbonyl (C=O) groups is 1. The number of rotatable bonds is 6. The second-order valence-corrected chi connectivity index (χ2v) is 3.71. The monoisotopic (exact) mass is 262 g/mol. The Morgan fingerprint density at radius 1 is 1.44 bits per heavy atom. The molecule has 4 nitrogen and oxygen atoms in total. The van der Waals surface area contributed by atoms with Gasteiger partial charge in [0.05, 0.1) is 0 Å². The predicted octanol–water partition coefficient (Wildman–Crippen LogP) is 1.48. The summed E-state index contributed by atoms with van der Waals surface area (Å²) in [6, 6.07) is 5.26. The summed E-state index contributed by atoms with van der Waals surface area (Å²) in [7, 11) is 0. The molecule has 0 aliphatic rings. The molecule has 7 heteroatoms. The van der Waals surface area contributed by atoms with E-state index in [1.165, 1.54) is 0 Å². The van der Waals surface area contributed by atoms with Gasteiger partial charge in [0.1, 0.15) is 0 Å². The van der Waals surface area contributed by atoms with Crippen molar-refractivity contribution in [2.75, 3.05) is 13.1 Å². The van der Waals surface area contributed by atoms with E-state index in [1.807, 2.05) is 0 Å². The molecule has 100 valence electrons. The molecule has 0 spiro atoms. The van der Waals surface area contributed by atoms with Gasteiger partial charge in [0.2, 0.25) is 0 Å². The fourth-order valence-electron chi connectivity index (χ4n) is 1.35. The Kier molecular flexibility index (Phi) is 5.08. The third-order valence-corrected chi connectivity index (χ3v) is 2.33. The fraction of sp³-hybridized carbons (Fsp3) is 0.455. The van der Waals surface area contributed by atoms with Crippen molar-refractivity contribution in [3.8, 4) is 0 Å². The van der Waals surface area contributed by atoms with Gasteiger partial charge in [0.15, 0.2) is 5.92 Å². The highest BCUT2D eigenvalue weighted by Crippen LogP contribution is 2.25. The molecule has 0 saturated carbocycles. The third-order valence-electron chi connectivity index (χ3n) is 2.33. The zero-order valence-corrected chi connectivity index (χ0v) is 9.44. The zero-order chi connectivity index (χ0) is 13.6. The number of hydrogen-bond donors (Lipinski definition) is 2. The van der Waals surface area contributed by atoms with Gasteiger partial charge in [-0.1, -0.05) is 6.07 Å². The lowest BCUT2D eigenvalue weighted by atomic mass is 10.1. The maximum atomic E-state index is 12.3. The Bertz CT molecular complexity index is 382. The summed E-state index contributed by atoms with van der Waals surface area (Å²) < 4.78 is 36.9. The third kappa shape index (κ3) is 4.70. The van der Waals surface area contributed by atoms with E-state index in [2.05, 4.69) is 10.3 Å². The van der Waals surface area contributed by atoms with Crippen molar-refractivity contribution in [1.29, 1.82) is 0 Å². The minimum atomic E-state index is -4.73. The molecular formula is C11H13F3N2O2. The highest BCUT2D eigenvalue weighted by Gasteiger charge is 2.44. The molecule has 0 saturated heterocycles. The van der Waals surface area contributed by atoms with Crippen LogP contribution in [0.5, 0.6) is 0 Å². The average molecular weight is 262 g/mol. The predicted molar refractivity (Wildman–Crippen MR) is 58.0 cm³/mol. The van der Waals surface area contributed by atoms with Crippen LogP contribution >= 0.6 is 0 Å². The van der Waals surface area contributed by atoms with Gasteiger partial charge in [0, 0.05) is 31.4 Å². The van der Waals surface area contributed by atoms with Crippen molar-refractivity contribution in [1.82, 2.24) is 10.3 Å². The molecule has 1 heterocycles. The highest BCUT2D eigenvalue weighted by molar-refractivity contribution is 5.71. The summed E-state index contributed by atoms with van der Waals surface area (Å²) in [4.78, 5) is 14.4. The molecule has 0 aliphatic carbocycles. The van der Waals surface area contributed by atoms with Crippen molar-refractivity contribution in [3.63, 3.8) is 0 Å². The van der Waals surface area contributed by atoms with Crippen LogP contribution in [0.25, 0.3) is 0 Å². The lowest BCUT2D eigenvalue weighted by Gasteiger charge is -2.16. The van der Waals surface area contributed by atoms with E-state index >= 15 is 0 Å². The van der Waals surface area contributed by atoms with E-state index in [0.717, 1.165) is 5.69 Å². The Balaban J connectivity index is 2.34. The van der Waals surface area contributed by atoms with E-state index in [1.54, 1.807) is 24.4 Å². The maximum absolute atomic E-state index is 12.3. The van der Waals surface area contributed by atoms with Crippen molar-refractivity contribution in [2.24, 2.45) is 5.92 Å². The van der Waals surface area contributed by atoms with Gasteiger partial charge in [0.25, 0.3) is 0 Å². The van der Waals surface area contributed by atoms with Crippen LogP contribution in [0.1, 0.15) is 5.69 Å². The quantitative estimate of drug-likeness (QED) is 0.762. The minimum absolute atomic E-state index is 0.247. The standard InChI is InChI=1S/C11H13F3N2O2/c12-11(13,14)9(10(17)18)7-15-6-4-8-3-1-2-5-16-8/h1-3,5,9,15H,4,6-7H2,(H,17,18). The number of aromatic nitrogens is 1. The Morgan fingerprint density at radius 3 is 2.67 bits per heavy atom. The number of nitrogens with zero attached hydrogens (tertiary/aromatic N) is 1. The van der Waals surface area contributed by atoms with Crippen LogP contribution in [0.4, 0.5) is 13.2 Å². The number of carboxylic acids is 1. The van der Waals surface area contributed by atoms with Crippen LogP contribution in [0.2, 0.25) is 0 Å². The topological polar surface area (TPSA) is 62.2 Å². The van der Waals surface area contributed by atoms with E-state index in [0.29, 0.717) is 6.42 Å². The summed E-state index contributed by atoms with van der Waals surface area (Å²) in [6.07, 6.45) is -2.69. The van der Waals surface area contributed by atoms with Crippen LogP contribution in [0.15, 0.2) is 24.4 Å². The first-order valence-electron chi connectivity index (χ1n) is 5.31.